The number of hydrogen-bond donors (Lipinski definition) is 1. The quantitative estimate of drug-likeness (QED) is 0.500. The van der Waals surface area contributed by atoms with Crippen LogP contribution in [0.2, 0.25) is 0 Å². The van der Waals surface area contributed by atoms with Crippen molar-refractivity contribution in [2.24, 2.45) is 5.92 Å². The summed E-state index contributed by atoms with van der Waals surface area (Å²) in [6, 6.07) is 7.95. The maximum Gasteiger partial charge on any atom is 0.246 e. The first-order chi connectivity index (χ1) is 15.5. The minimum absolute atomic E-state index is 0.0329. The smallest absolute Gasteiger partial charge is 0.246 e. The van der Waals surface area contributed by atoms with Crippen LogP contribution in [0.4, 0.5) is 0 Å². The summed E-state index contributed by atoms with van der Waals surface area (Å²) in [5.41, 5.74) is 1.41. The molecular weight excluding hydrogens is 404 g/mol. The summed E-state index contributed by atoms with van der Waals surface area (Å²) in [7, 11) is 0. The van der Waals surface area contributed by atoms with Crippen LogP contribution < -0.4 is 5.32 Å². The molecule has 32 heavy (non-hydrogen) atoms. The molecule has 2 bridgehead atoms. The molecule has 1 spiro atoms. The van der Waals surface area contributed by atoms with E-state index in [2.05, 4.69) is 42.6 Å². The Bertz CT molecular complexity index is 892. The van der Waals surface area contributed by atoms with Crippen molar-refractivity contribution in [3.8, 4) is 0 Å². The summed E-state index contributed by atoms with van der Waals surface area (Å²) < 4.78 is 12.0. The fraction of sp³-hybridized carbons (Fsp3) is 0.615. The van der Waals surface area contributed by atoms with Gasteiger partial charge in [-0.2, -0.15) is 0 Å². The molecule has 0 radical (unpaired) electrons. The second-order valence-electron chi connectivity index (χ2n) is 9.68. The van der Waals surface area contributed by atoms with Crippen LogP contribution in [0.3, 0.4) is 0 Å². The van der Waals surface area contributed by atoms with Gasteiger partial charge in [-0.3, -0.25) is 9.59 Å². The van der Waals surface area contributed by atoms with E-state index < -0.39 is 11.6 Å². The first-order valence-corrected chi connectivity index (χ1v) is 12.2. The molecular formula is C26H34N2O4. The summed E-state index contributed by atoms with van der Waals surface area (Å²) in [6.45, 7) is 5.76. The topological polar surface area (TPSA) is 67.9 Å². The largest absolute Gasteiger partial charge is 0.382 e. The second kappa shape index (κ2) is 8.64. The van der Waals surface area contributed by atoms with Crippen LogP contribution in [0.5, 0.6) is 0 Å². The average molecular weight is 439 g/mol. The van der Waals surface area contributed by atoms with E-state index in [4.69, 9.17) is 9.47 Å². The molecule has 1 aromatic carbocycles. The molecule has 5 atom stereocenters. The Balaban J connectivity index is 1.46. The van der Waals surface area contributed by atoms with Crippen LogP contribution >= 0.6 is 0 Å². The lowest BCUT2D eigenvalue weighted by molar-refractivity contribution is -0.139. The molecule has 4 aliphatic rings. The van der Waals surface area contributed by atoms with Gasteiger partial charge in [-0.05, 0) is 38.7 Å². The minimum Gasteiger partial charge on any atom is -0.382 e. The summed E-state index contributed by atoms with van der Waals surface area (Å²) in [5, 5.41) is 3.25. The van der Waals surface area contributed by atoms with Gasteiger partial charge in [0.15, 0.2) is 0 Å². The summed E-state index contributed by atoms with van der Waals surface area (Å²) in [5.74, 6) is -0.470. The van der Waals surface area contributed by atoms with Crippen molar-refractivity contribution < 1.29 is 19.1 Å². The number of benzene rings is 1. The highest BCUT2D eigenvalue weighted by atomic mass is 16.5. The van der Waals surface area contributed by atoms with Gasteiger partial charge in [0, 0.05) is 31.7 Å². The van der Waals surface area contributed by atoms with E-state index in [1.165, 1.54) is 5.56 Å². The zero-order valence-electron chi connectivity index (χ0n) is 19.1. The lowest BCUT2D eigenvalue weighted by Gasteiger charge is -2.33. The molecule has 1 aromatic rings. The average Bonchev–Trinajstić information content (AvgIpc) is 3.55. The van der Waals surface area contributed by atoms with E-state index in [0.29, 0.717) is 26.2 Å². The number of nitrogens with zero attached hydrogens (tertiary/aromatic N) is 1. The SMILES string of the molecule is CCOCCCN1C(=O)[C@H]2[C@@H](c3ccc(C)cc3)[C@H]3C=C[C@@]2(O3)[C@H]1C(=O)NC1CCCC1. The van der Waals surface area contributed by atoms with E-state index in [1.54, 1.807) is 4.90 Å². The van der Waals surface area contributed by atoms with Crippen molar-refractivity contribution in [1.29, 1.82) is 0 Å². The molecule has 3 heterocycles. The van der Waals surface area contributed by atoms with Crippen molar-refractivity contribution in [2.75, 3.05) is 19.8 Å². The fourth-order valence-corrected chi connectivity index (χ4v) is 6.21. The minimum atomic E-state index is -0.883. The van der Waals surface area contributed by atoms with Gasteiger partial charge >= 0.3 is 0 Å². The number of carbonyl (C=O) groups excluding carboxylic acids is 2. The molecule has 1 aliphatic carbocycles. The van der Waals surface area contributed by atoms with Crippen molar-refractivity contribution in [1.82, 2.24) is 10.2 Å². The number of nitrogens with one attached hydrogen (secondary N) is 1. The Morgan fingerprint density at radius 2 is 2.00 bits per heavy atom. The lowest BCUT2D eigenvalue weighted by atomic mass is 9.72. The van der Waals surface area contributed by atoms with Gasteiger partial charge in [-0.25, -0.2) is 0 Å². The fourth-order valence-electron chi connectivity index (χ4n) is 6.21. The predicted octanol–water partition coefficient (Wildman–Crippen LogP) is 3.10. The van der Waals surface area contributed by atoms with Crippen molar-refractivity contribution in [3.05, 3.63) is 47.5 Å². The second-order valence-corrected chi connectivity index (χ2v) is 9.68. The molecule has 0 aromatic heterocycles. The molecule has 2 amide bonds. The third kappa shape index (κ3) is 3.48. The Kier molecular flexibility index (Phi) is 5.84. The van der Waals surface area contributed by atoms with Gasteiger partial charge in [-0.15, -0.1) is 0 Å². The van der Waals surface area contributed by atoms with Gasteiger partial charge in [0.1, 0.15) is 11.6 Å². The zero-order valence-corrected chi connectivity index (χ0v) is 19.1. The number of ether oxygens (including phenoxy) is 2. The number of amides is 2. The molecule has 172 valence electrons. The first-order valence-electron chi connectivity index (χ1n) is 12.2. The van der Waals surface area contributed by atoms with E-state index >= 15 is 0 Å². The molecule has 1 saturated carbocycles. The van der Waals surface area contributed by atoms with Crippen molar-refractivity contribution >= 4 is 11.8 Å². The Labute approximate surface area is 190 Å². The molecule has 6 nitrogen and oxygen atoms in total. The maximum atomic E-state index is 13.8. The van der Waals surface area contributed by atoms with Gasteiger partial charge < -0.3 is 19.7 Å². The van der Waals surface area contributed by atoms with E-state index in [-0.39, 0.29) is 35.8 Å². The number of hydrogen-bond acceptors (Lipinski definition) is 4. The van der Waals surface area contributed by atoms with Crippen molar-refractivity contribution in [3.63, 3.8) is 0 Å². The molecule has 1 N–H and O–H groups in total. The molecule has 3 aliphatic heterocycles. The van der Waals surface area contributed by atoms with Crippen LogP contribution in [0.25, 0.3) is 0 Å². The standard InChI is InChI=1S/C26H34N2O4/c1-3-31-16-6-15-28-23(24(29)27-19-7-4-5-8-19)26-14-13-20(32-26)21(22(26)25(28)30)18-11-9-17(2)10-12-18/h9-14,19-23H,3-8,15-16H2,1-2H3,(H,27,29)/t20-,21+,22-,23-,26+/m1/s1. The van der Waals surface area contributed by atoms with Gasteiger partial charge in [0.2, 0.25) is 11.8 Å². The van der Waals surface area contributed by atoms with Crippen LogP contribution in [-0.4, -0.2) is 60.3 Å². The molecule has 0 unspecified atom stereocenters. The monoisotopic (exact) mass is 438 g/mol. The Morgan fingerprint density at radius 3 is 2.72 bits per heavy atom. The highest BCUT2D eigenvalue weighted by Gasteiger charge is 2.71. The number of fused-ring (bicyclic) bond motifs is 1. The Morgan fingerprint density at radius 1 is 1.25 bits per heavy atom. The van der Waals surface area contributed by atoms with Crippen LogP contribution in [0.15, 0.2) is 36.4 Å². The maximum absolute atomic E-state index is 13.8. The molecule has 5 rings (SSSR count). The van der Waals surface area contributed by atoms with Gasteiger partial charge in [0.25, 0.3) is 0 Å². The number of rotatable bonds is 8. The predicted molar refractivity (Wildman–Crippen MR) is 121 cm³/mol. The third-order valence-corrected chi connectivity index (χ3v) is 7.68. The van der Waals surface area contributed by atoms with Crippen molar-refractivity contribution in [2.45, 2.75) is 75.7 Å². The van der Waals surface area contributed by atoms with Gasteiger partial charge in [-0.1, -0.05) is 54.8 Å². The highest BCUT2D eigenvalue weighted by molar-refractivity contribution is 5.97. The van der Waals surface area contributed by atoms with E-state index in [0.717, 1.165) is 31.2 Å². The van der Waals surface area contributed by atoms with Crippen LogP contribution in [-0.2, 0) is 19.1 Å². The molecule has 2 saturated heterocycles. The highest BCUT2D eigenvalue weighted by Crippen LogP contribution is 2.58. The van der Waals surface area contributed by atoms with Gasteiger partial charge in [0.05, 0.1) is 12.0 Å². The molecule has 6 heteroatoms. The summed E-state index contributed by atoms with van der Waals surface area (Å²) in [6.07, 6.45) is 8.93. The lowest BCUT2D eigenvalue weighted by Crippen LogP contribution is -2.56. The zero-order chi connectivity index (χ0) is 22.3. The van der Waals surface area contributed by atoms with E-state index in [1.807, 2.05) is 13.0 Å². The first kappa shape index (κ1) is 21.7. The summed E-state index contributed by atoms with van der Waals surface area (Å²) >= 11 is 0. The Hall–Kier alpha value is -2.18. The summed E-state index contributed by atoms with van der Waals surface area (Å²) in [4.78, 5) is 29.2. The van der Waals surface area contributed by atoms with Crippen LogP contribution in [0, 0.1) is 12.8 Å². The third-order valence-electron chi connectivity index (χ3n) is 7.68. The number of likely N-dealkylation sites (tertiary alicyclic amines) is 1. The van der Waals surface area contributed by atoms with E-state index in [9.17, 15) is 9.59 Å². The number of carbonyl (C=O) groups is 2. The molecule has 3 fully saturated rings. The number of aryl methyl sites for hydroxylation is 1. The van der Waals surface area contributed by atoms with Crippen LogP contribution in [0.1, 0.15) is 56.1 Å². The normalized spacial score (nSPS) is 33.3.